The van der Waals surface area contributed by atoms with Gasteiger partial charge >= 0.3 is 0 Å². The van der Waals surface area contributed by atoms with Gasteiger partial charge in [-0.05, 0) is 41.7 Å². The SMILES string of the molecule is O=C(NC[C@H]1CCCO1)[C@H](c1ccccc1)N(Cc1ccc(Cl)cc1)C(=O)Cc1ccccc1. The summed E-state index contributed by atoms with van der Waals surface area (Å²) in [5, 5.41) is 3.66. The van der Waals surface area contributed by atoms with Crippen LogP contribution in [0.1, 0.15) is 35.6 Å². The highest BCUT2D eigenvalue weighted by Gasteiger charge is 2.32. The van der Waals surface area contributed by atoms with Gasteiger partial charge in [0.25, 0.3) is 0 Å². The zero-order chi connectivity index (χ0) is 23.8. The van der Waals surface area contributed by atoms with Crippen molar-refractivity contribution in [2.75, 3.05) is 13.2 Å². The van der Waals surface area contributed by atoms with Crippen molar-refractivity contribution < 1.29 is 14.3 Å². The van der Waals surface area contributed by atoms with Crippen LogP contribution >= 0.6 is 11.6 Å². The topological polar surface area (TPSA) is 58.6 Å². The Kier molecular flexibility index (Phi) is 8.34. The molecule has 34 heavy (non-hydrogen) atoms. The number of benzene rings is 3. The Morgan fingerprint density at radius 1 is 0.941 bits per heavy atom. The van der Waals surface area contributed by atoms with E-state index in [0.29, 0.717) is 11.6 Å². The number of ether oxygens (including phenoxy) is 1. The molecule has 4 rings (SSSR count). The number of halogens is 1. The average molecular weight is 477 g/mol. The molecule has 0 aromatic heterocycles. The highest BCUT2D eigenvalue weighted by atomic mass is 35.5. The van der Waals surface area contributed by atoms with Crippen LogP contribution in [0.2, 0.25) is 5.02 Å². The van der Waals surface area contributed by atoms with E-state index in [1.165, 1.54) is 0 Å². The fraction of sp³-hybridized carbons (Fsp3) is 0.286. The van der Waals surface area contributed by atoms with Gasteiger partial charge in [0.2, 0.25) is 11.8 Å². The molecule has 1 N–H and O–H groups in total. The van der Waals surface area contributed by atoms with E-state index in [0.717, 1.165) is 36.1 Å². The quantitative estimate of drug-likeness (QED) is 0.475. The molecule has 3 aromatic carbocycles. The fourth-order valence-corrected chi connectivity index (χ4v) is 4.33. The number of hydrogen-bond acceptors (Lipinski definition) is 3. The molecule has 5 nitrogen and oxygen atoms in total. The average Bonchev–Trinajstić information content (AvgIpc) is 3.39. The maximum absolute atomic E-state index is 13.7. The standard InChI is InChI=1S/C28H29ClN2O3/c29-24-15-13-22(14-16-24)20-31(26(32)18-21-8-3-1-4-9-21)27(23-10-5-2-6-11-23)28(33)30-19-25-12-7-17-34-25/h1-6,8-11,13-16,25,27H,7,12,17-20H2,(H,30,33)/t25-,27+/m1/s1. The molecule has 1 aliphatic rings. The van der Waals surface area contributed by atoms with Gasteiger partial charge in [0.05, 0.1) is 12.5 Å². The minimum Gasteiger partial charge on any atom is -0.376 e. The van der Waals surface area contributed by atoms with Gasteiger partial charge < -0.3 is 15.0 Å². The third-order valence-corrected chi connectivity index (χ3v) is 6.24. The molecule has 1 aliphatic heterocycles. The van der Waals surface area contributed by atoms with Gasteiger partial charge in [0.1, 0.15) is 6.04 Å². The summed E-state index contributed by atoms with van der Waals surface area (Å²) in [4.78, 5) is 28.9. The minimum absolute atomic E-state index is 0.0186. The van der Waals surface area contributed by atoms with Crippen LogP contribution in [0.5, 0.6) is 0 Å². The first-order chi connectivity index (χ1) is 16.6. The van der Waals surface area contributed by atoms with Crippen molar-refractivity contribution in [1.29, 1.82) is 0 Å². The summed E-state index contributed by atoms with van der Waals surface area (Å²) < 4.78 is 5.67. The van der Waals surface area contributed by atoms with Crippen molar-refractivity contribution in [3.63, 3.8) is 0 Å². The lowest BCUT2D eigenvalue weighted by molar-refractivity contribution is -0.141. The summed E-state index contributed by atoms with van der Waals surface area (Å²) in [6.07, 6.45) is 2.15. The van der Waals surface area contributed by atoms with Gasteiger partial charge in [-0.1, -0.05) is 84.4 Å². The Hall–Kier alpha value is -3.15. The van der Waals surface area contributed by atoms with Crippen LogP contribution in [-0.4, -0.2) is 36.0 Å². The van der Waals surface area contributed by atoms with Crippen molar-refractivity contribution in [2.45, 2.75) is 38.0 Å². The number of nitrogens with zero attached hydrogens (tertiary/aromatic N) is 1. The Morgan fingerprint density at radius 2 is 1.62 bits per heavy atom. The van der Waals surface area contributed by atoms with Gasteiger partial charge in [0.15, 0.2) is 0 Å². The maximum Gasteiger partial charge on any atom is 0.247 e. The van der Waals surface area contributed by atoms with Crippen LogP contribution in [-0.2, 0) is 27.3 Å². The first-order valence-electron chi connectivity index (χ1n) is 11.6. The summed E-state index contributed by atoms with van der Waals surface area (Å²) in [6.45, 7) is 1.44. The number of hydrogen-bond donors (Lipinski definition) is 1. The van der Waals surface area contributed by atoms with Crippen LogP contribution in [0.15, 0.2) is 84.9 Å². The van der Waals surface area contributed by atoms with Crippen LogP contribution in [0.3, 0.4) is 0 Å². The third kappa shape index (κ3) is 6.46. The molecular formula is C28H29ClN2O3. The molecule has 0 unspecified atom stereocenters. The van der Waals surface area contributed by atoms with Crippen molar-refractivity contribution in [2.24, 2.45) is 0 Å². The van der Waals surface area contributed by atoms with Crippen LogP contribution < -0.4 is 5.32 Å². The highest BCUT2D eigenvalue weighted by Crippen LogP contribution is 2.26. The van der Waals surface area contributed by atoms with Crippen LogP contribution in [0.25, 0.3) is 0 Å². The van der Waals surface area contributed by atoms with E-state index < -0.39 is 6.04 Å². The van der Waals surface area contributed by atoms with Crippen molar-refractivity contribution in [3.05, 3.63) is 107 Å². The lowest BCUT2D eigenvalue weighted by Crippen LogP contribution is -2.45. The monoisotopic (exact) mass is 476 g/mol. The van der Waals surface area contributed by atoms with Gasteiger partial charge in [-0.2, -0.15) is 0 Å². The first kappa shape index (κ1) is 24.0. The van der Waals surface area contributed by atoms with E-state index in [-0.39, 0.29) is 30.9 Å². The van der Waals surface area contributed by atoms with Gasteiger partial charge in [0, 0.05) is 24.7 Å². The summed E-state index contributed by atoms with van der Waals surface area (Å²) >= 11 is 6.07. The van der Waals surface area contributed by atoms with Crippen molar-refractivity contribution in [3.8, 4) is 0 Å². The Balaban J connectivity index is 1.64. The van der Waals surface area contributed by atoms with E-state index in [4.69, 9.17) is 16.3 Å². The molecule has 0 bridgehead atoms. The molecule has 2 atom stereocenters. The predicted molar refractivity (Wildman–Crippen MR) is 133 cm³/mol. The molecule has 6 heteroatoms. The zero-order valence-electron chi connectivity index (χ0n) is 19.0. The fourth-order valence-electron chi connectivity index (χ4n) is 4.21. The van der Waals surface area contributed by atoms with E-state index in [9.17, 15) is 9.59 Å². The minimum atomic E-state index is -0.769. The van der Waals surface area contributed by atoms with E-state index in [1.54, 1.807) is 17.0 Å². The van der Waals surface area contributed by atoms with E-state index in [2.05, 4.69) is 5.32 Å². The molecular weight excluding hydrogens is 448 g/mol. The van der Waals surface area contributed by atoms with Crippen LogP contribution in [0.4, 0.5) is 0 Å². The van der Waals surface area contributed by atoms with Gasteiger partial charge in [-0.3, -0.25) is 9.59 Å². The highest BCUT2D eigenvalue weighted by molar-refractivity contribution is 6.30. The summed E-state index contributed by atoms with van der Waals surface area (Å²) in [7, 11) is 0. The molecule has 0 spiro atoms. The largest absolute Gasteiger partial charge is 0.376 e. The molecule has 1 fully saturated rings. The Morgan fingerprint density at radius 3 is 2.26 bits per heavy atom. The van der Waals surface area contributed by atoms with Crippen LogP contribution in [0, 0.1) is 0 Å². The van der Waals surface area contributed by atoms with Gasteiger partial charge in [-0.15, -0.1) is 0 Å². The molecule has 0 aliphatic carbocycles. The molecule has 0 radical (unpaired) electrons. The van der Waals surface area contributed by atoms with E-state index in [1.807, 2.05) is 72.8 Å². The number of amides is 2. The Bertz CT molecular complexity index is 1070. The summed E-state index contributed by atoms with van der Waals surface area (Å²) in [6, 6.07) is 25.6. The lowest BCUT2D eigenvalue weighted by Gasteiger charge is -2.32. The molecule has 1 saturated heterocycles. The zero-order valence-corrected chi connectivity index (χ0v) is 19.8. The molecule has 176 valence electrons. The number of nitrogens with one attached hydrogen (secondary N) is 1. The molecule has 1 heterocycles. The number of rotatable bonds is 9. The predicted octanol–water partition coefficient (Wildman–Crippen LogP) is 4.95. The molecule has 3 aromatic rings. The van der Waals surface area contributed by atoms with E-state index >= 15 is 0 Å². The second-order valence-electron chi connectivity index (χ2n) is 8.50. The first-order valence-corrected chi connectivity index (χ1v) is 12.0. The number of carbonyl (C=O) groups excluding carboxylic acids is 2. The Labute approximate surface area is 205 Å². The smallest absolute Gasteiger partial charge is 0.247 e. The normalized spacial score (nSPS) is 16.1. The third-order valence-electron chi connectivity index (χ3n) is 5.99. The lowest BCUT2D eigenvalue weighted by atomic mass is 10.0. The van der Waals surface area contributed by atoms with Crippen molar-refractivity contribution >= 4 is 23.4 Å². The second kappa shape index (κ2) is 11.8. The number of carbonyl (C=O) groups is 2. The second-order valence-corrected chi connectivity index (χ2v) is 8.94. The van der Waals surface area contributed by atoms with Gasteiger partial charge in [-0.25, -0.2) is 0 Å². The molecule has 0 saturated carbocycles. The maximum atomic E-state index is 13.7. The summed E-state index contributed by atoms with van der Waals surface area (Å²) in [5.74, 6) is -0.334. The molecule has 2 amide bonds. The summed E-state index contributed by atoms with van der Waals surface area (Å²) in [5.41, 5.74) is 2.57. The van der Waals surface area contributed by atoms with Crippen molar-refractivity contribution in [1.82, 2.24) is 10.2 Å².